The number of hydrogen-bond donors (Lipinski definition) is 0. The van der Waals surface area contributed by atoms with Crippen molar-refractivity contribution < 1.29 is 0 Å². The van der Waals surface area contributed by atoms with Gasteiger partial charge in [0, 0.05) is 0 Å². The van der Waals surface area contributed by atoms with Crippen LogP contribution in [0.4, 0.5) is 0 Å². The molecule has 0 N–H and O–H groups in total. The Kier molecular flexibility index (Phi) is 13.1. The van der Waals surface area contributed by atoms with Gasteiger partial charge in [0.25, 0.3) is 0 Å². The van der Waals surface area contributed by atoms with Gasteiger partial charge < -0.3 is 0 Å². The monoisotopic (exact) mass is 225 g/mol. The van der Waals surface area contributed by atoms with E-state index in [1.54, 1.807) is 0 Å². The van der Waals surface area contributed by atoms with E-state index < -0.39 is 0 Å². The summed E-state index contributed by atoms with van der Waals surface area (Å²) in [5.74, 6) is 0.901. The first kappa shape index (κ1) is 16.0. The van der Waals surface area contributed by atoms with E-state index in [0.717, 1.165) is 5.92 Å². The van der Waals surface area contributed by atoms with Crippen molar-refractivity contribution in [2.75, 3.05) is 0 Å². The molecule has 0 rings (SSSR count). The second-order valence-corrected chi connectivity index (χ2v) is 5.15. The summed E-state index contributed by atoms with van der Waals surface area (Å²) >= 11 is 0. The Hall–Kier alpha value is 0. The SMILES string of the molecule is C[CH]C(CCCCC)CCCCCCCC. The van der Waals surface area contributed by atoms with Crippen LogP contribution >= 0.6 is 0 Å². The molecule has 1 unspecified atom stereocenters. The maximum atomic E-state index is 2.43. The van der Waals surface area contributed by atoms with Gasteiger partial charge in [0.2, 0.25) is 0 Å². The molecule has 0 amide bonds. The van der Waals surface area contributed by atoms with E-state index in [9.17, 15) is 0 Å². The number of hydrogen-bond acceptors (Lipinski definition) is 0. The Labute approximate surface area is 104 Å². The topological polar surface area (TPSA) is 0 Å². The van der Waals surface area contributed by atoms with Crippen LogP contribution in [0.5, 0.6) is 0 Å². The number of rotatable bonds is 12. The zero-order chi connectivity index (χ0) is 12.1. The zero-order valence-corrected chi connectivity index (χ0v) is 11.9. The van der Waals surface area contributed by atoms with Gasteiger partial charge >= 0.3 is 0 Å². The summed E-state index contributed by atoms with van der Waals surface area (Å²) in [6.45, 7) is 6.82. The van der Waals surface area contributed by atoms with Crippen LogP contribution in [0.3, 0.4) is 0 Å². The van der Waals surface area contributed by atoms with Crippen molar-refractivity contribution in [3.05, 3.63) is 6.42 Å². The fraction of sp³-hybridized carbons (Fsp3) is 0.938. The highest BCUT2D eigenvalue weighted by molar-refractivity contribution is 4.71. The van der Waals surface area contributed by atoms with E-state index in [4.69, 9.17) is 0 Å². The lowest BCUT2D eigenvalue weighted by Crippen LogP contribution is -1.99. The zero-order valence-electron chi connectivity index (χ0n) is 11.9. The Balaban J connectivity index is 3.26. The smallest absolute Gasteiger partial charge is 0.0386 e. The Morgan fingerprint density at radius 2 is 1.12 bits per heavy atom. The van der Waals surface area contributed by atoms with Crippen LogP contribution in [-0.4, -0.2) is 0 Å². The highest BCUT2D eigenvalue weighted by atomic mass is 14.1. The van der Waals surface area contributed by atoms with Crippen LogP contribution in [0.25, 0.3) is 0 Å². The molecule has 0 spiro atoms. The third-order valence-corrected chi connectivity index (χ3v) is 3.58. The summed E-state index contributed by atoms with van der Waals surface area (Å²) in [6, 6.07) is 0. The normalized spacial score (nSPS) is 12.9. The maximum absolute atomic E-state index is 2.43. The molecule has 0 nitrogen and oxygen atoms in total. The fourth-order valence-corrected chi connectivity index (χ4v) is 2.32. The van der Waals surface area contributed by atoms with Crippen molar-refractivity contribution in [3.8, 4) is 0 Å². The summed E-state index contributed by atoms with van der Waals surface area (Å²) in [6.07, 6.45) is 18.1. The van der Waals surface area contributed by atoms with E-state index in [-0.39, 0.29) is 0 Å². The van der Waals surface area contributed by atoms with Gasteiger partial charge in [0.05, 0.1) is 0 Å². The third-order valence-electron chi connectivity index (χ3n) is 3.58. The maximum Gasteiger partial charge on any atom is -0.0386 e. The molecule has 97 valence electrons. The van der Waals surface area contributed by atoms with Crippen LogP contribution < -0.4 is 0 Å². The molecule has 1 radical (unpaired) electrons. The lowest BCUT2D eigenvalue weighted by Gasteiger charge is -2.13. The minimum atomic E-state index is 0.901. The molecule has 0 heterocycles. The summed E-state index contributed by atoms with van der Waals surface area (Å²) in [4.78, 5) is 0. The van der Waals surface area contributed by atoms with E-state index in [2.05, 4.69) is 27.2 Å². The van der Waals surface area contributed by atoms with Gasteiger partial charge in [-0.05, 0) is 12.3 Å². The van der Waals surface area contributed by atoms with Crippen LogP contribution in [0, 0.1) is 12.3 Å². The standard InChI is InChI=1S/C16H33/c1-4-7-9-10-11-13-15-16(6-3)14-12-8-5-2/h6,16H,4-5,7-15H2,1-3H3. The third kappa shape index (κ3) is 10.5. The van der Waals surface area contributed by atoms with Gasteiger partial charge in [-0.3, -0.25) is 0 Å². The molecule has 0 aliphatic carbocycles. The Bertz CT molecular complexity index is 117. The molecule has 0 aromatic rings. The molecule has 0 fully saturated rings. The van der Waals surface area contributed by atoms with Crippen molar-refractivity contribution in [3.63, 3.8) is 0 Å². The van der Waals surface area contributed by atoms with Gasteiger partial charge in [-0.15, -0.1) is 0 Å². The summed E-state index contributed by atoms with van der Waals surface area (Å²) in [7, 11) is 0. The average Bonchev–Trinajstić information content (AvgIpc) is 2.31. The van der Waals surface area contributed by atoms with E-state index in [0.29, 0.717) is 0 Å². The molecule has 0 bridgehead atoms. The van der Waals surface area contributed by atoms with Crippen molar-refractivity contribution in [2.45, 2.75) is 91.4 Å². The van der Waals surface area contributed by atoms with Crippen molar-refractivity contribution in [1.82, 2.24) is 0 Å². The molecule has 0 saturated carbocycles. The van der Waals surface area contributed by atoms with Crippen molar-refractivity contribution in [1.29, 1.82) is 0 Å². The Morgan fingerprint density at radius 3 is 1.69 bits per heavy atom. The molecular weight excluding hydrogens is 192 g/mol. The summed E-state index contributed by atoms with van der Waals surface area (Å²) in [5.41, 5.74) is 0. The predicted octanol–water partition coefficient (Wildman–Crippen LogP) is 6.16. The first-order valence-electron chi connectivity index (χ1n) is 7.64. The Morgan fingerprint density at radius 1 is 0.688 bits per heavy atom. The first-order chi connectivity index (χ1) is 7.85. The molecule has 0 aromatic heterocycles. The predicted molar refractivity (Wildman–Crippen MR) is 75.6 cm³/mol. The minimum absolute atomic E-state index is 0.901. The quantitative estimate of drug-likeness (QED) is 0.349. The van der Waals surface area contributed by atoms with Gasteiger partial charge in [-0.25, -0.2) is 0 Å². The highest BCUT2D eigenvalue weighted by Crippen LogP contribution is 2.20. The average molecular weight is 225 g/mol. The molecule has 0 aliphatic rings. The second-order valence-electron chi connectivity index (χ2n) is 5.15. The van der Waals surface area contributed by atoms with Gasteiger partial charge in [-0.2, -0.15) is 0 Å². The van der Waals surface area contributed by atoms with Crippen LogP contribution in [0.2, 0.25) is 0 Å². The van der Waals surface area contributed by atoms with Crippen LogP contribution in [-0.2, 0) is 0 Å². The fourth-order valence-electron chi connectivity index (χ4n) is 2.32. The largest absolute Gasteiger partial charge is 0.0654 e. The molecule has 0 aliphatic heterocycles. The van der Waals surface area contributed by atoms with Crippen LogP contribution in [0.15, 0.2) is 0 Å². The van der Waals surface area contributed by atoms with E-state index >= 15 is 0 Å². The molecule has 0 heteroatoms. The van der Waals surface area contributed by atoms with Gasteiger partial charge in [0.1, 0.15) is 0 Å². The summed E-state index contributed by atoms with van der Waals surface area (Å²) in [5, 5.41) is 0. The lowest BCUT2D eigenvalue weighted by molar-refractivity contribution is 0.451. The second kappa shape index (κ2) is 13.1. The molecular formula is C16H33. The summed E-state index contributed by atoms with van der Waals surface area (Å²) < 4.78 is 0. The molecule has 0 aromatic carbocycles. The lowest BCUT2D eigenvalue weighted by atomic mass is 9.92. The number of unbranched alkanes of at least 4 members (excludes halogenated alkanes) is 7. The van der Waals surface area contributed by atoms with Crippen LogP contribution in [0.1, 0.15) is 91.4 Å². The molecule has 16 heavy (non-hydrogen) atoms. The molecule has 0 saturated heterocycles. The molecule has 1 atom stereocenters. The van der Waals surface area contributed by atoms with E-state index in [1.165, 1.54) is 70.6 Å². The van der Waals surface area contributed by atoms with Crippen molar-refractivity contribution in [2.24, 2.45) is 5.92 Å². The highest BCUT2D eigenvalue weighted by Gasteiger charge is 2.05. The van der Waals surface area contributed by atoms with Crippen molar-refractivity contribution >= 4 is 0 Å². The minimum Gasteiger partial charge on any atom is -0.0654 e. The van der Waals surface area contributed by atoms with Gasteiger partial charge in [-0.1, -0.05) is 91.4 Å². The van der Waals surface area contributed by atoms with Gasteiger partial charge in [0.15, 0.2) is 0 Å². The first-order valence-corrected chi connectivity index (χ1v) is 7.64. The van der Waals surface area contributed by atoms with E-state index in [1.807, 2.05) is 0 Å².